The van der Waals surface area contributed by atoms with E-state index in [0.29, 0.717) is 29.7 Å². The van der Waals surface area contributed by atoms with E-state index in [1.165, 1.54) is 223 Å². The number of benzene rings is 9. The van der Waals surface area contributed by atoms with Crippen LogP contribution in [0, 0.1) is 11.3 Å². The van der Waals surface area contributed by atoms with Crippen LogP contribution in [0.2, 0.25) is 0 Å². The molecule has 686 valence electrons. The SMILES string of the molecule is C1=C(c2cccc(N3CCC(NCCN4CCN(Cc5ccccc5)CC4)CC3)c2)Cc2ccccc21.C1=C(c2cccc(N3CCC(NCCN4CCNCC4)CC3)c2)Cc2ccccc21.COCCN1CCN(CCNC2CCN(c3cccc(C4=Cc5ccccc5C4)c3)CC2)CC1.N#Cc1ccc2[nH]c(-c3cccc(N4CCC(NCc5cccnc5)CC4)c3)cc2c1. The molecule has 7 aliphatic heterocycles. The lowest BCUT2D eigenvalue weighted by atomic mass is 10.0. The molecule has 7 saturated heterocycles. The Balaban J connectivity index is 0.000000118. The van der Waals surface area contributed by atoms with Gasteiger partial charge in [0.05, 0.1) is 18.2 Å². The number of methoxy groups -OCH3 is 1. The third-order valence-corrected chi connectivity index (χ3v) is 29.2. The minimum absolute atomic E-state index is 0.544. The lowest BCUT2D eigenvalue weighted by Gasteiger charge is -2.36. The zero-order chi connectivity index (χ0) is 89.3. The Morgan fingerprint density at radius 1 is 0.371 bits per heavy atom. The summed E-state index contributed by atoms with van der Waals surface area (Å²) >= 11 is 0. The Kier molecular flexibility index (Phi) is 32.4. The summed E-state index contributed by atoms with van der Waals surface area (Å²) in [6.07, 6.45) is 23.6. The van der Waals surface area contributed by atoms with Gasteiger partial charge >= 0.3 is 0 Å². The molecular weight excluding hydrogens is 1620 g/mol. The topological polar surface area (TPSA) is 151 Å². The number of hydrogen-bond acceptors (Lipinski definition) is 17. The molecule has 6 N–H and O–H groups in total. The lowest BCUT2D eigenvalue weighted by Crippen LogP contribution is -2.50. The highest BCUT2D eigenvalue weighted by Gasteiger charge is 2.28. The van der Waals surface area contributed by atoms with Crippen LogP contribution in [0.1, 0.15) is 118 Å². The van der Waals surface area contributed by atoms with E-state index in [1.807, 2.05) is 36.7 Å². The summed E-state index contributed by atoms with van der Waals surface area (Å²) in [7, 11) is 1.79. The first-order chi connectivity index (χ1) is 65.2. The smallest absolute Gasteiger partial charge is 0.0991 e. The number of piperidine rings is 4. The molecule has 132 heavy (non-hydrogen) atoms. The van der Waals surface area contributed by atoms with Gasteiger partial charge in [0.2, 0.25) is 0 Å². The highest BCUT2D eigenvalue weighted by Crippen LogP contribution is 2.38. The first-order valence-electron chi connectivity index (χ1n) is 49.7. The van der Waals surface area contributed by atoms with Gasteiger partial charge in [-0.25, -0.2) is 0 Å². The van der Waals surface area contributed by atoms with Gasteiger partial charge in [0.15, 0.2) is 0 Å². The van der Waals surface area contributed by atoms with E-state index < -0.39 is 0 Å². The van der Waals surface area contributed by atoms with Crippen molar-refractivity contribution in [3.8, 4) is 17.3 Å². The molecule has 10 aliphatic rings. The number of aromatic amines is 1. The van der Waals surface area contributed by atoms with E-state index in [0.717, 1.165) is 167 Å². The number of allylic oxidation sites excluding steroid dienone is 3. The molecule has 21 rings (SSSR count). The van der Waals surface area contributed by atoms with Crippen molar-refractivity contribution in [2.75, 3.05) is 210 Å². The van der Waals surface area contributed by atoms with Gasteiger partial charge in [-0.2, -0.15) is 5.26 Å². The van der Waals surface area contributed by atoms with Gasteiger partial charge in [-0.15, -0.1) is 0 Å². The van der Waals surface area contributed by atoms with E-state index in [4.69, 9.17) is 10.00 Å². The number of piperazine rings is 3. The minimum atomic E-state index is 0.544. The molecule has 9 heterocycles. The Labute approximate surface area is 785 Å². The van der Waals surface area contributed by atoms with Gasteiger partial charge in [-0.05, 0) is 233 Å². The number of H-pyrrole nitrogens is 1. The first kappa shape index (κ1) is 91.6. The fourth-order valence-corrected chi connectivity index (χ4v) is 21.1. The van der Waals surface area contributed by atoms with E-state index in [2.05, 4.69) is 317 Å². The van der Waals surface area contributed by atoms with Crippen LogP contribution < -0.4 is 46.2 Å². The molecule has 2 aromatic heterocycles. The van der Waals surface area contributed by atoms with E-state index in [1.54, 1.807) is 7.11 Å². The predicted molar refractivity (Wildman–Crippen MR) is 550 cm³/mol. The van der Waals surface area contributed by atoms with Crippen molar-refractivity contribution in [3.05, 3.63) is 316 Å². The van der Waals surface area contributed by atoms with Crippen molar-refractivity contribution in [2.24, 2.45) is 0 Å². The van der Waals surface area contributed by atoms with E-state index >= 15 is 0 Å². The minimum Gasteiger partial charge on any atom is -0.383 e. The molecular formula is C114H139N17O. The maximum atomic E-state index is 9.14. The van der Waals surface area contributed by atoms with Crippen molar-refractivity contribution >= 4 is 68.6 Å². The maximum absolute atomic E-state index is 9.14. The molecule has 9 aromatic carbocycles. The summed E-state index contributed by atoms with van der Waals surface area (Å²) < 4.78 is 5.21. The van der Waals surface area contributed by atoms with E-state index in [9.17, 15) is 0 Å². The fraction of sp³-hybridized carbons (Fsp3) is 0.404. The number of fused-ring (bicyclic) bond motifs is 4. The molecule has 0 saturated carbocycles. The van der Waals surface area contributed by atoms with Gasteiger partial charge in [-0.1, -0.05) is 176 Å². The zero-order valence-electron chi connectivity index (χ0n) is 78.0. The van der Waals surface area contributed by atoms with Crippen LogP contribution in [0.3, 0.4) is 0 Å². The Morgan fingerprint density at radius 2 is 0.765 bits per heavy atom. The number of hydrogen-bond donors (Lipinski definition) is 6. The van der Waals surface area contributed by atoms with Gasteiger partial charge in [0, 0.05) is 273 Å². The highest BCUT2D eigenvalue weighted by atomic mass is 16.5. The number of nitrogens with one attached hydrogen (secondary N) is 6. The first-order valence-corrected chi connectivity index (χ1v) is 49.7. The second kappa shape index (κ2) is 46.7. The predicted octanol–water partition coefficient (Wildman–Crippen LogP) is 16.9. The molecule has 11 aromatic rings. The standard InChI is InChI=1S/C33H40N4.C29H40N4O.C26H25N5.C26H34N4/c1-2-7-27(8-3-1)26-36-21-19-35(20-22-36)18-15-34-32-13-16-37(17-14-32)33-12-6-11-30(25-33)31-23-28-9-4-5-10-29(28)24-31;1-34-20-19-32-17-15-31(16-18-32)14-11-30-28-9-12-33(13-10-28)29-8-4-7-26(23-29)27-21-24-5-2-3-6-25(24)22-27;27-16-19-6-7-25-22(13-19)15-26(30-25)21-4-1-5-24(14-21)31-11-8-23(9-12-31)29-18-20-3-2-10-28-17-20;1-2-5-22-19-24(18-21(22)4-1)23-6-3-7-26(20-23)30-13-8-25(9-14-30)28-12-17-29-15-10-27-11-16-29/h1-12,23,25,32,34H,13-22,24,26H2;2-8,21,23,28,30H,9-20,22H2,1H3;1-7,10,13-15,17,23,29-30H,8-9,11-12,18H2;1-7,18,20,25,27-28H,8-17,19H2. The van der Waals surface area contributed by atoms with Crippen molar-refractivity contribution in [1.82, 2.24) is 61.1 Å². The normalized spacial score (nSPS) is 18.5. The summed E-state index contributed by atoms with van der Waals surface area (Å²) in [5, 5.41) is 28.8. The molecule has 0 spiro atoms. The van der Waals surface area contributed by atoms with Crippen LogP contribution in [0.15, 0.2) is 249 Å². The third kappa shape index (κ3) is 25.3. The number of anilines is 4. The molecule has 0 amide bonds. The average Bonchev–Trinajstić information content (AvgIpc) is 1.67. The highest BCUT2D eigenvalue weighted by molar-refractivity contribution is 5.92. The average molecular weight is 1760 g/mol. The second-order valence-corrected chi connectivity index (χ2v) is 38.0. The van der Waals surface area contributed by atoms with Gasteiger partial charge in [0.1, 0.15) is 0 Å². The molecule has 0 unspecified atom stereocenters. The van der Waals surface area contributed by atoms with Gasteiger partial charge in [0.25, 0.3) is 0 Å². The number of nitrogens with zero attached hydrogens (tertiary/aromatic N) is 11. The Hall–Kier alpha value is -10.9. The molecule has 0 radical (unpaired) electrons. The van der Waals surface area contributed by atoms with Crippen molar-refractivity contribution in [1.29, 1.82) is 5.26 Å². The monoisotopic (exact) mass is 1760 g/mol. The van der Waals surface area contributed by atoms with Crippen LogP contribution in [0.5, 0.6) is 0 Å². The number of pyridine rings is 1. The Bertz CT molecular complexity index is 5610. The Morgan fingerprint density at radius 3 is 1.19 bits per heavy atom. The molecule has 18 nitrogen and oxygen atoms in total. The van der Waals surface area contributed by atoms with Crippen molar-refractivity contribution in [3.63, 3.8) is 0 Å². The maximum Gasteiger partial charge on any atom is 0.0991 e. The lowest BCUT2D eigenvalue weighted by molar-refractivity contribution is 0.0968. The number of aromatic nitrogens is 2. The number of nitriles is 1. The molecule has 18 heteroatoms. The number of rotatable bonds is 28. The summed E-state index contributed by atoms with van der Waals surface area (Å²) in [4.78, 5) is 30.8. The van der Waals surface area contributed by atoms with Crippen molar-refractivity contribution < 1.29 is 4.74 Å². The zero-order valence-corrected chi connectivity index (χ0v) is 78.0. The largest absolute Gasteiger partial charge is 0.383 e. The van der Waals surface area contributed by atoms with Crippen LogP contribution in [0.25, 0.3) is 57.1 Å². The molecule has 0 atom stereocenters. The van der Waals surface area contributed by atoms with Crippen molar-refractivity contribution in [2.45, 2.75) is 108 Å². The summed E-state index contributed by atoms with van der Waals surface area (Å²) in [6.45, 7) is 33.7. The molecule has 3 aliphatic carbocycles. The fourth-order valence-electron chi connectivity index (χ4n) is 21.1. The van der Waals surface area contributed by atoms with Gasteiger partial charge < -0.3 is 55.9 Å². The number of ether oxygens (including phenoxy) is 1. The third-order valence-electron chi connectivity index (χ3n) is 29.2. The van der Waals surface area contributed by atoms with Crippen LogP contribution in [0.4, 0.5) is 22.7 Å². The van der Waals surface area contributed by atoms with Gasteiger partial charge in [-0.3, -0.25) is 29.5 Å². The summed E-state index contributed by atoms with van der Waals surface area (Å²) in [5.41, 5.74) is 29.0. The second-order valence-electron chi connectivity index (χ2n) is 38.0. The van der Waals surface area contributed by atoms with Crippen LogP contribution >= 0.6 is 0 Å². The molecule has 7 fully saturated rings. The van der Waals surface area contributed by atoms with E-state index in [-0.39, 0.29) is 0 Å². The summed E-state index contributed by atoms with van der Waals surface area (Å²) in [6, 6.07) is 90.2. The van der Waals surface area contributed by atoms with Crippen LogP contribution in [-0.2, 0) is 37.1 Å². The quantitative estimate of drug-likeness (QED) is 0.0276. The molecule has 0 bridgehead atoms. The van der Waals surface area contributed by atoms with Crippen LogP contribution in [-0.4, -0.2) is 249 Å². The summed E-state index contributed by atoms with van der Waals surface area (Å²) in [5.74, 6) is 0.